The third-order valence-electron chi connectivity index (χ3n) is 8.96. The molecule has 1 aliphatic heterocycles. The number of rotatable bonds is 1. The van der Waals surface area contributed by atoms with Crippen LogP contribution in [0.15, 0.2) is 0 Å². The SMILES string of the molecule is CC1CCC2(C)CCCC2C1C1O[C@H](C)C2(C)CCCCC2C1=O. The van der Waals surface area contributed by atoms with Crippen molar-refractivity contribution in [3.05, 3.63) is 0 Å². The average molecular weight is 333 g/mol. The van der Waals surface area contributed by atoms with Gasteiger partial charge in [0.15, 0.2) is 5.78 Å². The highest BCUT2D eigenvalue weighted by molar-refractivity contribution is 5.87. The van der Waals surface area contributed by atoms with Crippen molar-refractivity contribution in [3.8, 4) is 0 Å². The molecule has 0 N–H and O–H groups in total. The van der Waals surface area contributed by atoms with Crippen LogP contribution in [0, 0.1) is 34.5 Å². The molecule has 3 aliphatic carbocycles. The largest absolute Gasteiger partial charge is 0.367 e. The minimum atomic E-state index is -0.117. The summed E-state index contributed by atoms with van der Waals surface area (Å²) in [5.74, 6) is 2.53. The highest BCUT2D eigenvalue weighted by Gasteiger charge is 2.58. The molecule has 0 aromatic carbocycles. The summed E-state index contributed by atoms with van der Waals surface area (Å²) in [6.07, 6.45) is 11.5. The van der Waals surface area contributed by atoms with Gasteiger partial charge < -0.3 is 4.74 Å². The first kappa shape index (κ1) is 17.1. The highest BCUT2D eigenvalue weighted by atomic mass is 16.5. The number of carbonyl (C=O) groups is 1. The normalized spacial score (nSPS) is 55.1. The molecule has 0 amide bonds. The molecule has 7 unspecified atom stereocenters. The van der Waals surface area contributed by atoms with Crippen molar-refractivity contribution in [1.82, 2.24) is 0 Å². The van der Waals surface area contributed by atoms with Crippen LogP contribution in [-0.2, 0) is 9.53 Å². The van der Waals surface area contributed by atoms with Crippen LogP contribution in [-0.4, -0.2) is 18.0 Å². The number of fused-ring (bicyclic) bond motifs is 2. The molecule has 3 saturated carbocycles. The van der Waals surface area contributed by atoms with Crippen LogP contribution >= 0.6 is 0 Å². The minimum Gasteiger partial charge on any atom is -0.367 e. The van der Waals surface area contributed by atoms with Gasteiger partial charge in [-0.1, -0.05) is 40.0 Å². The fourth-order valence-electron chi connectivity index (χ4n) is 7.12. The Kier molecular flexibility index (Phi) is 4.14. The van der Waals surface area contributed by atoms with E-state index < -0.39 is 0 Å². The second-order valence-electron chi connectivity index (χ2n) is 10.2. The number of Topliss-reactive ketones (excluding diaryl/α,β-unsaturated/α-hetero) is 1. The van der Waals surface area contributed by atoms with Crippen molar-refractivity contribution < 1.29 is 9.53 Å². The number of ether oxygens (including phenoxy) is 1. The van der Waals surface area contributed by atoms with Crippen molar-refractivity contribution in [2.24, 2.45) is 34.5 Å². The lowest BCUT2D eigenvalue weighted by molar-refractivity contribution is -0.198. The fourth-order valence-corrected chi connectivity index (χ4v) is 7.12. The maximum atomic E-state index is 13.5. The number of ketones is 1. The van der Waals surface area contributed by atoms with E-state index in [1.165, 1.54) is 51.4 Å². The first-order chi connectivity index (χ1) is 11.4. The molecule has 0 spiro atoms. The van der Waals surface area contributed by atoms with Crippen molar-refractivity contribution in [3.63, 3.8) is 0 Å². The van der Waals surface area contributed by atoms with Crippen LogP contribution in [0.3, 0.4) is 0 Å². The van der Waals surface area contributed by atoms with Crippen LogP contribution in [0.4, 0.5) is 0 Å². The lowest BCUT2D eigenvalue weighted by atomic mass is 9.55. The molecule has 1 heterocycles. The molecule has 136 valence electrons. The first-order valence-electron chi connectivity index (χ1n) is 10.6. The van der Waals surface area contributed by atoms with Crippen molar-refractivity contribution >= 4 is 5.78 Å². The van der Waals surface area contributed by atoms with E-state index in [0.29, 0.717) is 29.0 Å². The second kappa shape index (κ2) is 5.83. The maximum Gasteiger partial charge on any atom is 0.165 e. The molecule has 8 atom stereocenters. The van der Waals surface area contributed by atoms with Gasteiger partial charge >= 0.3 is 0 Å². The zero-order valence-electron chi connectivity index (χ0n) is 16.1. The topological polar surface area (TPSA) is 26.3 Å². The fraction of sp³-hybridized carbons (Fsp3) is 0.955. The van der Waals surface area contributed by atoms with Gasteiger partial charge in [0.1, 0.15) is 6.10 Å². The molecule has 4 rings (SSSR count). The van der Waals surface area contributed by atoms with E-state index in [9.17, 15) is 4.79 Å². The second-order valence-corrected chi connectivity index (χ2v) is 10.2. The average Bonchev–Trinajstić information content (AvgIpc) is 2.94. The zero-order chi connectivity index (χ0) is 17.1. The van der Waals surface area contributed by atoms with E-state index in [-0.39, 0.29) is 23.5 Å². The molecule has 4 fully saturated rings. The van der Waals surface area contributed by atoms with Gasteiger partial charge in [-0.3, -0.25) is 4.79 Å². The van der Waals surface area contributed by atoms with Gasteiger partial charge in [0, 0.05) is 11.3 Å². The van der Waals surface area contributed by atoms with Gasteiger partial charge in [0.2, 0.25) is 0 Å². The van der Waals surface area contributed by atoms with Crippen LogP contribution in [0.5, 0.6) is 0 Å². The minimum absolute atomic E-state index is 0.0860. The van der Waals surface area contributed by atoms with Gasteiger partial charge in [-0.15, -0.1) is 0 Å². The summed E-state index contributed by atoms with van der Waals surface area (Å²) in [5.41, 5.74) is 0.556. The van der Waals surface area contributed by atoms with E-state index in [0.717, 1.165) is 6.42 Å². The van der Waals surface area contributed by atoms with E-state index in [1.54, 1.807) is 0 Å². The van der Waals surface area contributed by atoms with Gasteiger partial charge in [-0.2, -0.15) is 0 Å². The predicted octanol–water partition coefficient (Wildman–Crippen LogP) is 5.39. The summed E-state index contributed by atoms with van der Waals surface area (Å²) >= 11 is 0. The van der Waals surface area contributed by atoms with E-state index in [1.807, 2.05) is 0 Å². The Morgan fingerprint density at radius 1 is 0.958 bits per heavy atom. The Hall–Kier alpha value is -0.370. The molecular formula is C22H36O2. The maximum absolute atomic E-state index is 13.5. The smallest absolute Gasteiger partial charge is 0.165 e. The van der Waals surface area contributed by atoms with Crippen LogP contribution in [0.1, 0.15) is 85.5 Å². The van der Waals surface area contributed by atoms with Crippen LogP contribution in [0.2, 0.25) is 0 Å². The van der Waals surface area contributed by atoms with Gasteiger partial charge in [0.05, 0.1) is 6.10 Å². The van der Waals surface area contributed by atoms with Crippen LogP contribution in [0.25, 0.3) is 0 Å². The summed E-state index contributed by atoms with van der Waals surface area (Å²) in [6.45, 7) is 9.45. The summed E-state index contributed by atoms with van der Waals surface area (Å²) < 4.78 is 6.58. The van der Waals surface area contributed by atoms with E-state index in [4.69, 9.17) is 4.74 Å². The number of hydrogen-bond acceptors (Lipinski definition) is 2. The first-order valence-corrected chi connectivity index (χ1v) is 10.6. The molecule has 2 nitrogen and oxygen atoms in total. The molecule has 0 aromatic heterocycles. The zero-order valence-corrected chi connectivity index (χ0v) is 16.1. The third kappa shape index (κ3) is 2.35. The van der Waals surface area contributed by atoms with Crippen molar-refractivity contribution in [1.29, 1.82) is 0 Å². The highest BCUT2D eigenvalue weighted by Crippen LogP contribution is 2.59. The Morgan fingerprint density at radius 3 is 2.54 bits per heavy atom. The van der Waals surface area contributed by atoms with Gasteiger partial charge in [-0.25, -0.2) is 0 Å². The summed E-state index contributed by atoms with van der Waals surface area (Å²) in [5, 5.41) is 0. The third-order valence-corrected chi connectivity index (χ3v) is 8.96. The van der Waals surface area contributed by atoms with Crippen molar-refractivity contribution in [2.75, 3.05) is 0 Å². The van der Waals surface area contributed by atoms with Crippen molar-refractivity contribution in [2.45, 2.75) is 97.7 Å². The van der Waals surface area contributed by atoms with Gasteiger partial charge in [-0.05, 0) is 68.6 Å². The standard InChI is InChI=1S/C22H36O2/c1-14-10-13-21(3)11-7-9-16(21)18(14)20-19(23)17-8-5-6-12-22(17,4)15(2)24-20/h14-18,20H,5-13H2,1-4H3/t14?,15-,16?,17?,18?,20?,21?,22?/m1/s1. The van der Waals surface area contributed by atoms with E-state index in [2.05, 4.69) is 27.7 Å². The number of carbonyl (C=O) groups excluding carboxylic acids is 1. The molecule has 2 heteroatoms. The molecular weight excluding hydrogens is 296 g/mol. The molecule has 0 radical (unpaired) electrons. The summed E-state index contributed by atoms with van der Waals surface area (Å²) in [4.78, 5) is 13.5. The Bertz CT molecular complexity index is 514. The number of hydrogen-bond donors (Lipinski definition) is 0. The summed E-state index contributed by atoms with van der Waals surface area (Å²) in [7, 11) is 0. The Morgan fingerprint density at radius 2 is 1.75 bits per heavy atom. The predicted molar refractivity (Wildman–Crippen MR) is 96.7 cm³/mol. The van der Waals surface area contributed by atoms with E-state index >= 15 is 0 Å². The molecule has 0 aromatic rings. The molecule has 1 saturated heterocycles. The quantitative estimate of drug-likeness (QED) is 0.643. The molecule has 4 aliphatic rings. The Balaban J connectivity index is 1.64. The van der Waals surface area contributed by atoms with Gasteiger partial charge in [0.25, 0.3) is 0 Å². The molecule has 0 bridgehead atoms. The summed E-state index contributed by atoms with van der Waals surface area (Å²) in [6, 6.07) is 0. The Labute approximate surface area is 148 Å². The monoisotopic (exact) mass is 332 g/mol. The lowest BCUT2D eigenvalue weighted by Gasteiger charge is -2.55. The lowest BCUT2D eigenvalue weighted by Crippen LogP contribution is -2.59. The molecule has 24 heavy (non-hydrogen) atoms. The van der Waals surface area contributed by atoms with Crippen LogP contribution < -0.4 is 0 Å².